The molecule has 1 N–H and O–H groups in total. The molecule has 2 radical (unpaired) electrons. The van der Waals surface area contributed by atoms with Crippen LogP contribution in [0, 0.1) is 0 Å². The zero-order valence-corrected chi connectivity index (χ0v) is 7.61. The Morgan fingerprint density at radius 1 is 1.23 bits per heavy atom. The molecule has 0 fully saturated rings. The van der Waals surface area contributed by atoms with Gasteiger partial charge in [0.2, 0.25) is 0 Å². The molecular weight excluding hydrogens is 159 g/mol. The van der Waals surface area contributed by atoms with Crippen LogP contribution in [0.3, 0.4) is 0 Å². The van der Waals surface area contributed by atoms with Gasteiger partial charge in [0.05, 0.1) is 7.85 Å². The largest absolute Gasteiger partial charge is 0.396 e. The van der Waals surface area contributed by atoms with E-state index < -0.39 is 0 Å². The molecule has 2 atom stereocenters. The zero-order chi connectivity index (χ0) is 9.26. The van der Waals surface area contributed by atoms with Crippen molar-refractivity contribution >= 4 is 7.85 Å². The lowest BCUT2D eigenvalue weighted by atomic mass is 9.87. The lowest BCUT2D eigenvalue weighted by Crippen LogP contribution is -1.98. The fourth-order valence-electron chi connectivity index (χ4n) is 2.25. The SMILES string of the molecule is [B]C[C@@H]1C[C@H](CO)c2ccccc21. The van der Waals surface area contributed by atoms with Crippen LogP contribution in [-0.2, 0) is 0 Å². The first kappa shape index (κ1) is 8.83. The Bertz CT molecular complexity index is 269. The van der Waals surface area contributed by atoms with Crippen LogP contribution in [0.15, 0.2) is 24.3 Å². The van der Waals surface area contributed by atoms with Crippen LogP contribution in [0.5, 0.6) is 0 Å². The molecule has 0 saturated heterocycles. The smallest absolute Gasteiger partial charge is 0.0661 e. The summed E-state index contributed by atoms with van der Waals surface area (Å²) in [5.41, 5.74) is 2.63. The second-order valence-corrected chi connectivity index (χ2v) is 3.68. The summed E-state index contributed by atoms with van der Waals surface area (Å²) in [5, 5.41) is 9.19. The number of hydrogen-bond donors (Lipinski definition) is 1. The van der Waals surface area contributed by atoms with E-state index in [9.17, 15) is 5.11 Å². The summed E-state index contributed by atoms with van der Waals surface area (Å²) in [6, 6.07) is 8.30. The molecule has 0 saturated carbocycles. The Hall–Kier alpha value is -0.755. The number of fused-ring (bicyclic) bond motifs is 1. The quantitative estimate of drug-likeness (QED) is 0.674. The van der Waals surface area contributed by atoms with Crippen molar-refractivity contribution in [1.82, 2.24) is 0 Å². The first-order valence-corrected chi connectivity index (χ1v) is 4.76. The molecule has 1 aliphatic carbocycles. The normalized spacial score (nSPS) is 25.9. The molecule has 0 bridgehead atoms. The molecule has 1 aromatic rings. The number of benzene rings is 1. The maximum atomic E-state index is 9.19. The van der Waals surface area contributed by atoms with E-state index in [1.165, 1.54) is 11.1 Å². The van der Waals surface area contributed by atoms with E-state index in [4.69, 9.17) is 7.85 Å². The summed E-state index contributed by atoms with van der Waals surface area (Å²) in [5.74, 6) is 0.762. The first-order chi connectivity index (χ1) is 6.36. The van der Waals surface area contributed by atoms with E-state index in [0.29, 0.717) is 18.2 Å². The number of rotatable bonds is 2. The fraction of sp³-hybridized carbons (Fsp3) is 0.455. The topological polar surface area (TPSA) is 20.2 Å². The molecule has 1 aliphatic rings. The van der Waals surface area contributed by atoms with Crippen LogP contribution in [0.2, 0.25) is 6.32 Å². The fourth-order valence-corrected chi connectivity index (χ4v) is 2.25. The highest BCUT2D eigenvalue weighted by Crippen LogP contribution is 2.42. The molecule has 0 heterocycles. The van der Waals surface area contributed by atoms with Crippen LogP contribution in [0.25, 0.3) is 0 Å². The molecule has 0 spiro atoms. The van der Waals surface area contributed by atoms with Crippen molar-refractivity contribution < 1.29 is 5.11 Å². The van der Waals surface area contributed by atoms with Gasteiger partial charge in [-0.15, -0.1) is 0 Å². The number of hydrogen-bond acceptors (Lipinski definition) is 1. The van der Waals surface area contributed by atoms with E-state index >= 15 is 0 Å². The lowest BCUT2D eigenvalue weighted by molar-refractivity contribution is 0.262. The highest BCUT2D eigenvalue weighted by molar-refractivity contribution is 6.09. The molecule has 1 aromatic carbocycles. The minimum Gasteiger partial charge on any atom is -0.396 e. The number of aliphatic hydroxyl groups is 1. The molecule has 1 nitrogen and oxygen atoms in total. The van der Waals surface area contributed by atoms with Gasteiger partial charge < -0.3 is 5.11 Å². The standard InChI is InChI=1S/C11H13BO/c12-6-8-5-9(7-13)11-4-2-1-3-10(8)11/h1-4,8-9,13H,5-7H2/t8-,9+/m0/s1. The summed E-state index contributed by atoms with van der Waals surface area (Å²) in [4.78, 5) is 0. The van der Waals surface area contributed by atoms with Crippen molar-refractivity contribution in [2.75, 3.05) is 6.61 Å². The predicted molar refractivity (Wildman–Crippen MR) is 54.2 cm³/mol. The van der Waals surface area contributed by atoms with Crippen LogP contribution < -0.4 is 0 Å². The summed E-state index contributed by atoms with van der Waals surface area (Å²) in [6.45, 7) is 0.244. The minimum absolute atomic E-state index is 0.244. The van der Waals surface area contributed by atoms with Crippen LogP contribution >= 0.6 is 0 Å². The minimum atomic E-state index is 0.244. The van der Waals surface area contributed by atoms with Gasteiger partial charge in [0, 0.05) is 12.5 Å². The Labute approximate surface area is 80.2 Å². The molecule has 0 amide bonds. The third kappa shape index (κ3) is 1.40. The van der Waals surface area contributed by atoms with Crippen molar-refractivity contribution in [3.05, 3.63) is 35.4 Å². The molecule has 0 unspecified atom stereocenters. The Morgan fingerprint density at radius 2 is 1.85 bits per heavy atom. The monoisotopic (exact) mass is 172 g/mol. The van der Waals surface area contributed by atoms with Gasteiger partial charge in [-0.05, 0) is 23.5 Å². The zero-order valence-electron chi connectivity index (χ0n) is 7.61. The maximum Gasteiger partial charge on any atom is 0.0661 e. The third-order valence-corrected chi connectivity index (χ3v) is 2.95. The van der Waals surface area contributed by atoms with E-state index in [1.807, 2.05) is 12.1 Å². The average Bonchev–Trinajstić information content (AvgIpc) is 2.56. The second-order valence-electron chi connectivity index (χ2n) is 3.68. The molecule has 0 aromatic heterocycles. The first-order valence-electron chi connectivity index (χ1n) is 4.76. The van der Waals surface area contributed by atoms with Crippen molar-refractivity contribution in [3.8, 4) is 0 Å². The van der Waals surface area contributed by atoms with Crippen LogP contribution in [0.4, 0.5) is 0 Å². The highest BCUT2D eigenvalue weighted by atomic mass is 16.3. The van der Waals surface area contributed by atoms with Gasteiger partial charge in [-0.25, -0.2) is 0 Å². The van der Waals surface area contributed by atoms with Gasteiger partial charge in [-0.1, -0.05) is 30.6 Å². The van der Waals surface area contributed by atoms with Gasteiger partial charge in [0.1, 0.15) is 0 Å². The van der Waals surface area contributed by atoms with E-state index in [1.54, 1.807) is 0 Å². The Morgan fingerprint density at radius 3 is 2.38 bits per heavy atom. The van der Waals surface area contributed by atoms with Gasteiger partial charge in [0.15, 0.2) is 0 Å². The summed E-state index contributed by atoms with van der Waals surface area (Å²) >= 11 is 0. The number of aliphatic hydroxyl groups excluding tert-OH is 1. The van der Waals surface area contributed by atoms with E-state index in [0.717, 1.165) is 6.42 Å². The van der Waals surface area contributed by atoms with Gasteiger partial charge in [-0.2, -0.15) is 0 Å². The molecular formula is C11H13BO. The van der Waals surface area contributed by atoms with Gasteiger partial charge in [0.25, 0.3) is 0 Å². The molecule has 0 aliphatic heterocycles. The van der Waals surface area contributed by atoms with Gasteiger partial charge in [-0.3, -0.25) is 0 Å². The van der Waals surface area contributed by atoms with Crippen LogP contribution in [-0.4, -0.2) is 19.6 Å². The second kappa shape index (κ2) is 3.55. The predicted octanol–water partition coefficient (Wildman–Crippen LogP) is 1.84. The Balaban J connectivity index is 2.38. The maximum absolute atomic E-state index is 9.19. The molecule has 13 heavy (non-hydrogen) atoms. The van der Waals surface area contributed by atoms with Crippen molar-refractivity contribution in [2.24, 2.45) is 0 Å². The third-order valence-electron chi connectivity index (χ3n) is 2.95. The van der Waals surface area contributed by atoms with Gasteiger partial charge >= 0.3 is 0 Å². The lowest BCUT2D eigenvalue weighted by Gasteiger charge is -2.06. The highest BCUT2D eigenvalue weighted by Gasteiger charge is 2.28. The summed E-state index contributed by atoms with van der Waals surface area (Å²) in [6.07, 6.45) is 1.69. The summed E-state index contributed by atoms with van der Waals surface area (Å²) in [7, 11) is 5.68. The van der Waals surface area contributed by atoms with E-state index in [-0.39, 0.29) is 6.61 Å². The molecule has 2 rings (SSSR count). The van der Waals surface area contributed by atoms with Crippen LogP contribution in [0.1, 0.15) is 29.4 Å². The van der Waals surface area contributed by atoms with Crippen molar-refractivity contribution in [3.63, 3.8) is 0 Å². The molecule has 2 heteroatoms. The van der Waals surface area contributed by atoms with E-state index in [2.05, 4.69) is 12.1 Å². The average molecular weight is 172 g/mol. The Kier molecular flexibility index (Phi) is 2.41. The van der Waals surface area contributed by atoms with Crippen molar-refractivity contribution in [2.45, 2.75) is 24.6 Å². The summed E-state index contributed by atoms with van der Waals surface area (Å²) < 4.78 is 0. The molecule has 66 valence electrons. The van der Waals surface area contributed by atoms with Crippen molar-refractivity contribution in [1.29, 1.82) is 0 Å².